The van der Waals surface area contributed by atoms with Gasteiger partial charge in [-0.15, -0.1) is 0 Å². The first kappa shape index (κ1) is 16.8. The predicted octanol–water partition coefficient (Wildman–Crippen LogP) is -0.107. The molecule has 0 heterocycles. The summed E-state index contributed by atoms with van der Waals surface area (Å²) in [6, 6.07) is 0. The Morgan fingerprint density at radius 3 is 1.90 bits per heavy atom. The number of quaternary nitrogens is 1. The molecule has 4 saturated carbocycles. The van der Waals surface area contributed by atoms with E-state index in [0.717, 1.165) is 22.2 Å². The van der Waals surface area contributed by atoms with Gasteiger partial charge in [-0.2, -0.15) is 0 Å². The molecule has 20 heavy (non-hydrogen) atoms. The molecule has 4 aliphatic rings. The van der Waals surface area contributed by atoms with Crippen molar-refractivity contribution in [2.75, 3.05) is 40.8 Å². The average molecular weight is 345 g/mol. The fourth-order valence-corrected chi connectivity index (χ4v) is 5.54. The Balaban J connectivity index is 0.00000147. The second kappa shape index (κ2) is 6.26. The van der Waals surface area contributed by atoms with Crippen LogP contribution < -0.4 is 22.3 Å². The molecule has 3 heteroatoms. The summed E-state index contributed by atoms with van der Waals surface area (Å²) in [6.07, 6.45) is 10.7. The Hall–Kier alpha value is 0.400. The minimum atomic E-state index is 0. The van der Waals surface area contributed by atoms with Crippen molar-refractivity contribution in [2.45, 2.75) is 44.9 Å². The van der Waals surface area contributed by atoms with Crippen LogP contribution >= 0.6 is 0 Å². The molecule has 4 bridgehead atoms. The number of rotatable bonds is 6. The third-order valence-corrected chi connectivity index (χ3v) is 5.85. The van der Waals surface area contributed by atoms with Gasteiger partial charge >= 0.3 is 0 Å². The van der Waals surface area contributed by atoms with Crippen LogP contribution in [0.25, 0.3) is 0 Å². The quantitative estimate of drug-likeness (QED) is 0.523. The first-order valence-corrected chi connectivity index (χ1v) is 8.45. The van der Waals surface area contributed by atoms with Crippen LogP contribution in [0, 0.1) is 23.2 Å². The Bertz CT molecular complexity index is 286. The maximum absolute atomic E-state index is 3.80. The van der Waals surface area contributed by atoms with Gasteiger partial charge in [-0.1, -0.05) is 0 Å². The number of halogens is 1. The molecule has 4 aliphatic carbocycles. The van der Waals surface area contributed by atoms with Gasteiger partial charge in [0, 0.05) is 19.5 Å². The molecule has 0 unspecified atom stereocenters. The maximum atomic E-state index is 3.80. The molecule has 0 aromatic heterocycles. The SMILES string of the molecule is C[N+](C)(C)CCCNCC12CC3CC(CC(C3)C1)C2.[Br-]. The Kier molecular flexibility index (Phi) is 5.24. The Morgan fingerprint density at radius 2 is 1.45 bits per heavy atom. The minimum Gasteiger partial charge on any atom is -1.00 e. The zero-order valence-electron chi connectivity index (χ0n) is 13.6. The molecule has 0 aromatic carbocycles. The van der Waals surface area contributed by atoms with Gasteiger partial charge in [0.25, 0.3) is 0 Å². The van der Waals surface area contributed by atoms with E-state index in [1.54, 1.807) is 38.5 Å². The van der Waals surface area contributed by atoms with E-state index in [1.165, 1.54) is 26.1 Å². The third-order valence-electron chi connectivity index (χ3n) is 5.85. The number of nitrogens with zero attached hydrogens (tertiary/aromatic N) is 1. The number of hydrogen-bond acceptors (Lipinski definition) is 1. The van der Waals surface area contributed by atoms with E-state index < -0.39 is 0 Å². The molecule has 0 amide bonds. The Labute approximate surface area is 136 Å². The fraction of sp³-hybridized carbons (Fsp3) is 1.00. The summed E-state index contributed by atoms with van der Waals surface area (Å²) in [6.45, 7) is 3.82. The van der Waals surface area contributed by atoms with Gasteiger partial charge in [-0.3, -0.25) is 0 Å². The summed E-state index contributed by atoms with van der Waals surface area (Å²) in [5.74, 6) is 3.29. The van der Waals surface area contributed by atoms with Crippen LogP contribution in [-0.4, -0.2) is 45.3 Å². The van der Waals surface area contributed by atoms with Crippen LogP contribution in [0.2, 0.25) is 0 Å². The van der Waals surface area contributed by atoms with E-state index in [1.807, 2.05) is 0 Å². The van der Waals surface area contributed by atoms with Crippen LogP contribution in [0.5, 0.6) is 0 Å². The van der Waals surface area contributed by atoms with Crippen LogP contribution in [0.15, 0.2) is 0 Å². The number of hydrogen-bond donors (Lipinski definition) is 1. The van der Waals surface area contributed by atoms with Crippen molar-refractivity contribution < 1.29 is 21.5 Å². The van der Waals surface area contributed by atoms with Gasteiger partial charge in [0.1, 0.15) is 0 Å². The van der Waals surface area contributed by atoms with Gasteiger partial charge in [-0.25, -0.2) is 0 Å². The topological polar surface area (TPSA) is 12.0 Å². The highest BCUT2D eigenvalue weighted by atomic mass is 79.9. The van der Waals surface area contributed by atoms with Crippen molar-refractivity contribution >= 4 is 0 Å². The molecular formula is C17H33BrN2. The lowest BCUT2D eigenvalue weighted by Crippen LogP contribution is -3.00. The summed E-state index contributed by atoms with van der Waals surface area (Å²) < 4.78 is 1.10. The van der Waals surface area contributed by atoms with Crippen molar-refractivity contribution in [1.29, 1.82) is 0 Å². The van der Waals surface area contributed by atoms with Gasteiger partial charge in [0.15, 0.2) is 0 Å². The lowest BCUT2D eigenvalue weighted by molar-refractivity contribution is -0.870. The average Bonchev–Trinajstić information content (AvgIpc) is 2.24. The zero-order valence-corrected chi connectivity index (χ0v) is 15.2. The summed E-state index contributed by atoms with van der Waals surface area (Å²) in [4.78, 5) is 0. The molecule has 118 valence electrons. The molecule has 0 spiro atoms. The normalized spacial score (nSPS) is 38.9. The van der Waals surface area contributed by atoms with Crippen LogP contribution in [-0.2, 0) is 0 Å². The zero-order chi connectivity index (χ0) is 13.5. The number of nitrogens with one attached hydrogen (secondary N) is 1. The van der Waals surface area contributed by atoms with Crippen molar-refractivity contribution in [3.05, 3.63) is 0 Å². The van der Waals surface area contributed by atoms with E-state index in [9.17, 15) is 0 Å². The smallest absolute Gasteiger partial charge is 0.0792 e. The molecule has 1 N–H and O–H groups in total. The van der Waals surface area contributed by atoms with Crippen molar-refractivity contribution in [1.82, 2.24) is 5.32 Å². The van der Waals surface area contributed by atoms with E-state index in [0.29, 0.717) is 5.41 Å². The van der Waals surface area contributed by atoms with Crippen molar-refractivity contribution in [3.8, 4) is 0 Å². The standard InChI is InChI=1S/C17H33N2.BrH/c1-19(2,3)6-4-5-18-13-17-10-14-7-15(11-17)9-16(8-14)12-17;/h14-16,18H,4-13H2,1-3H3;1H/q+1;/p-1. The molecule has 2 nitrogen and oxygen atoms in total. The van der Waals surface area contributed by atoms with E-state index >= 15 is 0 Å². The van der Waals surface area contributed by atoms with Gasteiger partial charge in [0.05, 0.1) is 27.7 Å². The first-order valence-electron chi connectivity index (χ1n) is 8.45. The highest BCUT2D eigenvalue weighted by molar-refractivity contribution is 5.02. The van der Waals surface area contributed by atoms with Crippen LogP contribution in [0.4, 0.5) is 0 Å². The monoisotopic (exact) mass is 344 g/mol. The summed E-state index contributed by atoms with van der Waals surface area (Å²) in [5.41, 5.74) is 0.714. The lowest BCUT2D eigenvalue weighted by Gasteiger charge is -2.57. The largest absolute Gasteiger partial charge is 1.00 e. The maximum Gasteiger partial charge on any atom is 0.0792 e. The second-order valence-corrected chi connectivity index (χ2v) is 8.96. The van der Waals surface area contributed by atoms with Crippen LogP contribution in [0.3, 0.4) is 0 Å². The van der Waals surface area contributed by atoms with Crippen LogP contribution in [0.1, 0.15) is 44.9 Å². The summed E-state index contributed by atoms with van der Waals surface area (Å²) in [5, 5.41) is 3.80. The fourth-order valence-electron chi connectivity index (χ4n) is 5.54. The minimum absolute atomic E-state index is 0. The third kappa shape index (κ3) is 3.98. The van der Waals surface area contributed by atoms with Gasteiger partial charge < -0.3 is 26.8 Å². The second-order valence-electron chi connectivity index (χ2n) is 8.96. The van der Waals surface area contributed by atoms with E-state index in [4.69, 9.17) is 0 Å². The highest BCUT2D eigenvalue weighted by Gasteiger charge is 2.50. The lowest BCUT2D eigenvalue weighted by atomic mass is 9.49. The highest BCUT2D eigenvalue weighted by Crippen LogP contribution is 2.59. The molecule has 0 aliphatic heterocycles. The van der Waals surface area contributed by atoms with Crippen molar-refractivity contribution in [2.24, 2.45) is 23.2 Å². The van der Waals surface area contributed by atoms with Crippen molar-refractivity contribution in [3.63, 3.8) is 0 Å². The molecule has 0 radical (unpaired) electrons. The van der Waals surface area contributed by atoms with E-state index in [2.05, 4.69) is 26.5 Å². The van der Waals surface area contributed by atoms with Gasteiger partial charge in [0.2, 0.25) is 0 Å². The predicted molar refractivity (Wildman–Crippen MR) is 81.0 cm³/mol. The molecule has 0 atom stereocenters. The summed E-state index contributed by atoms with van der Waals surface area (Å²) in [7, 11) is 6.87. The molecular weight excluding hydrogens is 312 g/mol. The molecule has 4 rings (SSSR count). The molecule has 0 saturated heterocycles. The Morgan fingerprint density at radius 1 is 0.950 bits per heavy atom. The van der Waals surface area contributed by atoms with Gasteiger partial charge in [-0.05, 0) is 61.7 Å². The summed E-state index contributed by atoms with van der Waals surface area (Å²) >= 11 is 0. The van der Waals surface area contributed by atoms with E-state index in [-0.39, 0.29) is 17.0 Å². The molecule has 4 fully saturated rings. The first-order chi connectivity index (χ1) is 8.94. The molecule has 0 aromatic rings.